The van der Waals surface area contributed by atoms with E-state index in [1.165, 1.54) is 5.56 Å². The summed E-state index contributed by atoms with van der Waals surface area (Å²) in [5.74, 6) is 0. The largest absolute Gasteiger partial charge is 0.329 e. The van der Waals surface area contributed by atoms with Gasteiger partial charge in [-0.25, -0.2) is 4.79 Å². The molecular weight excluding hydrogens is 356 g/mol. The molecule has 0 fully saturated rings. The van der Waals surface area contributed by atoms with E-state index in [4.69, 9.17) is 11.6 Å². The van der Waals surface area contributed by atoms with Gasteiger partial charge >= 0.3 is 6.03 Å². The van der Waals surface area contributed by atoms with Gasteiger partial charge in [0.15, 0.2) is 0 Å². The van der Waals surface area contributed by atoms with Crippen molar-refractivity contribution in [3.8, 4) is 0 Å². The van der Waals surface area contributed by atoms with Crippen LogP contribution in [-0.4, -0.2) is 22.7 Å². The summed E-state index contributed by atoms with van der Waals surface area (Å²) in [5.41, 5.74) is 2.66. The molecular formula is C19H23ClN2O2S. The Labute approximate surface area is 159 Å². The van der Waals surface area contributed by atoms with E-state index in [9.17, 15) is 9.59 Å². The number of carbonyl (C=O) groups excluding carboxylic acids is 2. The third-order valence-corrected chi connectivity index (χ3v) is 4.49. The molecule has 0 aromatic heterocycles. The van der Waals surface area contributed by atoms with Crippen molar-refractivity contribution >= 4 is 41.2 Å². The highest BCUT2D eigenvalue weighted by molar-refractivity contribution is 7.96. The van der Waals surface area contributed by atoms with Gasteiger partial charge in [-0.05, 0) is 47.6 Å². The van der Waals surface area contributed by atoms with Gasteiger partial charge in [-0.15, -0.1) is 0 Å². The molecule has 0 bridgehead atoms. The van der Waals surface area contributed by atoms with Crippen molar-refractivity contribution in [3.63, 3.8) is 0 Å². The van der Waals surface area contributed by atoms with Crippen LogP contribution in [0.25, 0.3) is 0 Å². The third kappa shape index (κ3) is 5.65. The standard InChI is InChI=1S/C19H23ClN2O2S/c1-19(2,3)14-7-9-16(10-8-14)21-17(23)22(18(24)25)12-13-5-4-6-15(20)11-13/h5,7-11H,4,6,12H2,1-3H3,(H,21,23)(H,24,25). The van der Waals surface area contributed by atoms with Gasteiger partial charge < -0.3 is 5.32 Å². The summed E-state index contributed by atoms with van der Waals surface area (Å²) in [4.78, 5) is 25.3. The number of hydrogen-bond acceptors (Lipinski definition) is 2. The minimum Gasteiger partial charge on any atom is -0.307 e. The summed E-state index contributed by atoms with van der Waals surface area (Å²) in [6, 6.07) is 7.08. The van der Waals surface area contributed by atoms with Crippen LogP contribution in [0.15, 0.2) is 47.0 Å². The number of allylic oxidation sites excluding steroid dienone is 2. The zero-order valence-corrected chi connectivity index (χ0v) is 16.3. The SMILES string of the molecule is CC(C)(C)c1ccc(NC(=O)N(CC2=CCCC(Cl)=C2)C(=O)S)cc1. The van der Waals surface area contributed by atoms with Crippen molar-refractivity contribution in [1.29, 1.82) is 0 Å². The van der Waals surface area contributed by atoms with E-state index in [0.29, 0.717) is 5.69 Å². The van der Waals surface area contributed by atoms with Gasteiger partial charge in [0.2, 0.25) is 0 Å². The van der Waals surface area contributed by atoms with E-state index in [1.54, 1.807) is 6.08 Å². The number of hydrogen-bond donors (Lipinski definition) is 2. The number of carbonyl (C=O) groups is 2. The monoisotopic (exact) mass is 378 g/mol. The molecule has 134 valence electrons. The molecule has 6 heteroatoms. The lowest BCUT2D eigenvalue weighted by Crippen LogP contribution is -2.38. The molecule has 1 aliphatic carbocycles. The molecule has 0 unspecified atom stereocenters. The topological polar surface area (TPSA) is 49.4 Å². The number of urea groups is 1. The van der Waals surface area contributed by atoms with Gasteiger partial charge in [0.05, 0.1) is 6.54 Å². The van der Waals surface area contributed by atoms with Crippen molar-refractivity contribution in [2.75, 3.05) is 11.9 Å². The smallest absolute Gasteiger partial charge is 0.307 e. The Morgan fingerprint density at radius 2 is 1.88 bits per heavy atom. The van der Waals surface area contributed by atoms with Crippen LogP contribution < -0.4 is 5.32 Å². The van der Waals surface area contributed by atoms with E-state index in [2.05, 4.69) is 38.7 Å². The number of anilines is 1. The number of nitrogens with zero attached hydrogens (tertiary/aromatic N) is 1. The average Bonchev–Trinajstić information content (AvgIpc) is 2.52. The number of thiol groups is 1. The highest BCUT2D eigenvalue weighted by Gasteiger charge is 2.21. The second-order valence-electron chi connectivity index (χ2n) is 7.04. The van der Waals surface area contributed by atoms with Gasteiger partial charge in [0.25, 0.3) is 5.24 Å². The van der Waals surface area contributed by atoms with E-state index in [-0.39, 0.29) is 12.0 Å². The molecule has 0 spiro atoms. The summed E-state index contributed by atoms with van der Waals surface area (Å²) in [7, 11) is 0. The predicted octanol–water partition coefficient (Wildman–Crippen LogP) is 5.71. The first kappa shape index (κ1) is 19.6. The maximum atomic E-state index is 12.5. The van der Waals surface area contributed by atoms with Crippen LogP contribution in [0.3, 0.4) is 0 Å². The summed E-state index contributed by atoms with van der Waals surface area (Å²) in [5, 5.41) is 2.85. The Hall–Kier alpha value is -1.72. The number of benzene rings is 1. The van der Waals surface area contributed by atoms with Crippen molar-refractivity contribution in [3.05, 3.63) is 52.6 Å². The lowest BCUT2D eigenvalue weighted by Gasteiger charge is -2.22. The van der Waals surface area contributed by atoms with Crippen molar-refractivity contribution in [2.45, 2.75) is 39.0 Å². The van der Waals surface area contributed by atoms with Crippen LogP contribution in [-0.2, 0) is 5.41 Å². The van der Waals surface area contributed by atoms with Crippen LogP contribution in [0.1, 0.15) is 39.2 Å². The maximum Gasteiger partial charge on any atom is 0.329 e. The maximum absolute atomic E-state index is 12.5. The van der Waals surface area contributed by atoms with Gasteiger partial charge in [-0.1, -0.05) is 63.2 Å². The number of rotatable bonds is 3. The Balaban J connectivity index is 2.08. The molecule has 0 saturated carbocycles. The molecule has 0 radical (unpaired) electrons. The Kier molecular flexibility index (Phi) is 6.36. The zero-order chi connectivity index (χ0) is 18.6. The Morgan fingerprint density at radius 3 is 2.40 bits per heavy atom. The quantitative estimate of drug-likeness (QED) is 0.661. The molecule has 1 aliphatic rings. The molecule has 1 N–H and O–H groups in total. The van der Waals surface area contributed by atoms with Crippen molar-refractivity contribution in [1.82, 2.24) is 4.90 Å². The van der Waals surface area contributed by atoms with Crippen LogP contribution in [0.5, 0.6) is 0 Å². The zero-order valence-electron chi connectivity index (χ0n) is 14.7. The minimum atomic E-state index is -0.611. The molecule has 0 aliphatic heterocycles. The van der Waals surface area contributed by atoms with E-state index < -0.39 is 11.3 Å². The normalized spacial score (nSPS) is 14.4. The highest BCUT2D eigenvalue weighted by Crippen LogP contribution is 2.24. The van der Waals surface area contributed by atoms with Gasteiger partial charge in [-0.3, -0.25) is 9.69 Å². The summed E-state index contributed by atoms with van der Waals surface area (Å²) in [6.07, 6.45) is 5.35. The molecule has 1 aromatic carbocycles. The van der Waals surface area contributed by atoms with E-state index >= 15 is 0 Å². The lowest BCUT2D eigenvalue weighted by atomic mass is 9.87. The number of imide groups is 1. The number of amides is 3. The molecule has 0 saturated heterocycles. The van der Waals surface area contributed by atoms with Crippen LogP contribution >= 0.6 is 24.2 Å². The van der Waals surface area contributed by atoms with Gasteiger partial charge in [0.1, 0.15) is 0 Å². The molecule has 1 aromatic rings. The van der Waals surface area contributed by atoms with Gasteiger partial charge in [-0.2, -0.15) is 0 Å². The van der Waals surface area contributed by atoms with Crippen LogP contribution in [0.4, 0.5) is 15.3 Å². The Bertz CT molecular complexity index is 718. The molecule has 25 heavy (non-hydrogen) atoms. The first-order valence-corrected chi connectivity index (χ1v) is 8.96. The molecule has 0 atom stereocenters. The van der Waals surface area contributed by atoms with Crippen molar-refractivity contribution in [2.24, 2.45) is 0 Å². The average molecular weight is 379 g/mol. The Morgan fingerprint density at radius 1 is 1.24 bits per heavy atom. The highest BCUT2D eigenvalue weighted by atomic mass is 35.5. The summed E-state index contributed by atoms with van der Waals surface area (Å²) >= 11 is 9.85. The number of halogens is 1. The number of nitrogens with one attached hydrogen (secondary N) is 1. The predicted molar refractivity (Wildman–Crippen MR) is 107 cm³/mol. The minimum absolute atomic E-state index is 0.0364. The van der Waals surface area contributed by atoms with Crippen molar-refractivity contribution < 1.29 is 9.59 Å². The van der Waals surface area contributed by atoms with E-state index in [0.717, 1.165) is 28.3 Å². The fraction of sp³-hybridized carbons (Fsp3) is 0.368. The lowest BCUT2D eigenvalue weighted by molar-refractivity contribution is 0.212. The summed E-state index contributed by atoms with van der Waals surface area (Å²) < 4.78 is 0. The third-order valence-electron chi connectivity index (χ3n) is 3.95. The second-order valence-corrected chi connectivity index (χ2v) is 7.90. The van der Waals surface area contributed by atoms with Crippen LogP contribution in [0.2, 0.25) is 0 Å². The van der Waals surface area contributed by atoms with E-state index in [1.807, 2.05) is 30.3 Å². The van der Waals surface area contributed by atoms with Gasteiger partial charge in [0, 0.05) is 10.7 Å². The second kappa shape index (κ2) is 8.11. The first-order valence-electron chi connectivity index (χ1n) is 8.14. The summed E-state index contributed by atoms with van der Waals surface area (Å²) in [6.45, 7) is 6.51. The molecule has 4 nitrogen and oxygen atoms in total. The molecule has 3 amide bonds. The fourth-order valence-electron chi connectivity index (χ4n) is 2.49. The van der Waals surface area contributed by atoms with Crippen LogP contribution in [0, 0.1) is 0 Å². The molecule has 2 rings (SSSR count). The fourth-order valence-corrected chi connectivity index (χ4v) is 2.90. The first-order chi connectivity index (χ1) is 11.7. The molecule has 0 heterocycles.